The second kappa shape index (κ2) is 7.46. The van der Waals surface area contributed by atoms with Gasteiger partial charge in [-0.2, -0.15) is 0 Å². The number of hydrogen-bond acceptors (Lipinski definition) is 3. The summed E-state index contributed by atoms with van der Waals surface area (Å²) in [6, 6.07) is 0.690. The molecule has 0 aliphatic carbocycles. The van der Waals surface area contributed by atoms with Gasteiger partial charge in [-0.25, -0.2) is 0 Å². The summed E-state index contributed by atoms with van der Waals surface area (Å²) in [7, 11) is 4.32. The van der Waals surface area contributed by atoms with E-state index in [-0.39, 0.29) is 0 Å². The lowest BCUT2D eigenvalue weighted by Gasteiger charge is -2.46. The summed E-state index contributed by atoms with van der Waals surface area (Å²) in [5.74, 6) is 0. The van der Waals surface area contributed by atoms with Crippen molar-refractivity contribution >= 4 is 0 Å². The zero-order chi connectivity index (χ0) is 13.6. The van der Waals surface area contributed by atoms with E-state index in [2.05, 4.69) is 50.0 Å². The lowest BCUT2D eigenvalue weighted by molar-refractivity contribution is 0.0789. The topological polar surface area (TPSA) is 18.5 Å². The summed E-state index contributed by atoms with van der Waals surface area (Å²) in [5.41, 5.74) is 0.369. The SMILES string of the molecule is CCC1(CC)CN(CCCCN(C)C)C(C)CN1. The van der Waals surface area contributed by atoms with Crippen molar-refractivity contribution in [2.45, 2.75) is 58.0 Å². The Morgan fingerprint density at radius 1 is 1.22 bits per heavy atom. The molecule has 1 unspecified atom stereocenters. The van der Waals surface area contributed by atoms with Crippen LogP contribution < -0.4 is 5.32 Å². The maximum atomic E-state index is 3.77. The Morgan fingerprint density at radius 3 is 2.44 bits per heavy atom. The first kappa shape index (κ1) is 15.9. The van der Waals surface area contributed by atoms with Gasteiger partial charge >= 0.3 is 0 Å². The molecule has 0 radical (unpaired) electrons. The number of piperazine rings is 1. The Kier molecular flexibility index (Phi) is 6.61. The molecule has 3 heteroatoms. The highest BCUT2D eigenvalue weighted by atomic mass is 15.2. The fraction of sp³-hybridized carbons (Fsp3) is 1.00. The lowest BCUT2D eigenvalue weighted by atomic mass is 9.88. The first-order chi connectivity index (χ1) is 8.53. The third-order valence-electron chi connectivity index (χ3n) is 4.56. The Balaban J connectivity index is 2.37. The molecule has 18 heavy (non-hydrogen) atoms. The molecule has 1 saturated heterocycles. The molecule has 0 saturated carbocycles. The van der Waals surface area contributed by atoms with E-state index in [9.17, 15) is 0 Å². The predicted molar refractivity (Wildman–Crippen MR) is 80.1 cm³/mol. The molecule has 1 N–H and O–H groups in total. The average Bonchev–Trinajstić information content (AvgIpc) is 2.37. The molecule has 0 bridgehead atoms. The minimum Gasteiger partial charge on any atom is -0.309 e. The molecule has 0 aromatic heterocycles. The van der Waals surface area contributed by atoms with E-state index in [0.29, 0.717) is 11.6 Å². The van der Waals surface area contributed by atoms with Gasteiger partial charge in [0.25, 0.3) is 0 Å². The number of nitrogens with zero attached hydrogens (tertiary/aromatic N) is 2. The molecule has 1 heterocycles. The smallest absolute Gasteiger partial charge is 0.0304 e. The van der Waals surface area contributed by atoms with Gasteiger partial charge in [0.1, 0.15) is 0 Å². The Bertz CT molecular complexity index is 224. The number of nitrogens with one attached hydrogen (secondary N) is 1. The quantitative estimate of drug-likeness (QED) is 0.704. The molecule has 0 amide bonds. The number of hydrogen-bond donors (Lipinski definition) is 1. The van der Waals surface area contributed by atoms with Crippen molar-refractivity contribution in [1.82, 2.24) is 15.1 Å². The number of unbranched alkanes of at least 4 members (excludes halogenated alkanes) is 1. The van der Waals surface area contributed by atoms with Gasteiger partial charge in [-0.05, 0) is 59.8 Å². The molecule has 1 aliphatic rings. The van der Waals surface area contributed by atoms with Gasteiger partial charge in [0.2, 0.25) is 0 Å². The van der Waals surface area contributed by atoms with E-state index in [1.165, 1.54) is 45.3 Å². The van der Waals surface area contributed by atoms with Crippen LogP contribution in [0.2, 0.25) is 0 Å². The molecular formula is C15H33N3. The van der Waals surface area contributed by atoms with Crippen molar-refractivity contribution in [2.75, 3.05) is 40.3 Å². The highest BCUT2D eigenvalue weighted by Gasteiger charge is 2.34. The molecular weight excluding hydrogens is 222 g/mol. The second-order valence-corrected chi connectivity index (χ2v) is 6.20. The maximum Gasteiger partial charge on any atom is 0.0304 e. The first-order valence-corrected chi connectivity index (χ1v) is 7.67. The van der Waals surface area contributed by atoms with Crippen LogP contribution in [0.5, 0.6) is 0 Å². The minimum atomic E-state index is 0.369. The molecule has 1 atom stereocenters. The second-order valence-electron chi connectivity index (χ2n) is 6.20. The van der Waals surface area contributed by atoms with Gasteiger partial charge in [-0.3, -0.25) is 4.90 Å². The standard InChI is InChI=1S/C15H33N3/c1-6-15(7-2)13-18(14(3)12-16-15)11-9-8-10-17(4)5/h14,16H,6-13H2,1-5H3. The summed E-state index contributed by atoms with van der Waals surface area (Å²) in [6.07, 6.45) is 5.12. The molecule has 1 aliphatic heterocycles. The molecule has 0 aromatic carbocycles. The van der Waals surface area contributed by atoms with Crippen molar-refractivity contribution < 1.29 is 0 Å². The van der Waals surface area contributed by atoms with E-state index in [1.807, 2.05) is 0 Å². The van der Waals surface area contributed by atoms with Crippen LogP contribution >= 0.6 is 0 Å². The summed E-state index contributed by atoms with van der Waals surface area (Å²) in [5, 5.41) is 3.77. The van der Waals surface area contributed by atoms with Crippen molar-refractivity contribution in [2.24, 2.45) is 0 Å². The van der Waals surface area contributed by atoms with Crippen LogP contribution in [0.3, 0.4) is 0 Å². The lowest BCUT2D eigenvalue weighted by Crippen LogP contribution is -2.63. The van der Waals surface area contributed by atoms with E-state index >= 15 is 0 Å². The highest BCUT2D eigenvalue weighted by Crippen LogP contribution is 2.22. The van der Waals surface area contributed by atoms with E-state index < -0.39 is 0 Å². The molecule has 0 spiro atoms. The fourth-order valence-electron chi connectivity index (χ4n) is 2.86. The van der Waals surface area contributed by atoms with Gasteiger partial charge in [-0.15, -0.1) is 0 Å². The molecule has 108 valence electrons. The molecule has 0 aromatic rings. The Labute approximate surface area is 114 Å². The largest absolute Gasteiger partial charge is 0.309 e. The van der Waals surface area contributed by atoms with Crippen LogP contribution in [0.15, 0.2) is 0 Å². The van der Waals surface area contributed by atoms with Crippen LogP contribution in [0, 0.1) is 0 Å². The minimum absolute atomic E-state index is 0.369. The highest BCUT2D eigenvalue weighted by molar-refractivity contribution is 4.95. The van der Waals surface area contributed by atoms with E-state index in [1.54, 1.807) is 0 Å². The summed E-state index contributed by atoms with van der Waals surface area (Å²) < 4.78 is 0. The summed E-state index contributed by atoms with van der Waals surface area (Å²) in [4.78, 5) is 4.97. The van der Waals surface area contributed by atoms with Crippen molar-refractivity contribution in [3.63, 3.8) is 0 Å². The summed E-state index contributed by atoms with van der Waals surface area (Å²) >= 11 is 0. The Morgan fingerprint density at radius 2 is 1.89 bits per heavy atom. The number of rotatable bonds is 7. The first-order valence-electron chi connectivity index (χ1n) is 7.67. The van der Waals surface area contributed by atoms with Crippen LogP contribution in [0.25, 0.3) is 0 Å². The van der Waals surface area contributed by atoms with Crippen molar-refractivity contribution in [3.8, 4) is 0 Å². The van der Waals surface area contributed by atoms with E-state index in [4.69, 9.17) is 0 Å². The van der Waals surface area contributed by atoms with Crippen LogP contribution in [0.4, 0.5) is 0 Å². The zero-order valence-corrected chi connectivity index (χ0v) is 13.1. The average molecular weight is 255 g/mol. The van der Waals surface area contributed by atoms with Crippen molar-refractivity contribution in [3.05, 3.63) is 0 Å². The summed E-state index contributed by atoms with van der Waals surface area (Å²) in [6.45, 7) is 11.8. The van der Waals surface area contributed by atoms with Gasteiger partial charge in [0, 0.05) is 24.7 Å². The fourth-order valence-corrected chi connectivity index (χ4v) is 2.86. The monoisotopic (exact) mass is 255 g/mol. The molecule has 1 fully saturated rings. The van der Waals surface area contributed by atoms with Crippen molar-refractivity contribution in [1.29, 1.82) is 0 Å². The van der Waals surface area contributed by atoms with Gasteiger partial charge < -0.3 is 10.2 Å². The maximum absolute atomic E-state index is 3.77. The van der Waals surface area contributed by atoms with Crippen LogP contribution in [-0.4, -0.2) is 61.7 Å². The molecule has 1 rings (SSSR count). The predicted octanol–water partition coefficient (Wildman–Crippen LogP) is 2.18. The van der Waals surface area contributed by atoms with Gasteiger partial charge in [0.05, 0.1) is 0 Å². The van der Waals surface area contributed by atoms with Gasteiger partial charge in [0.15, 0.2) is 0 Å². The zero-order valence-electron chi connectivity index (χ0n) is 13.1. The van der Waals surface area contributed by atoms with Crippen LogP contribution in [-0.2, 0) is 0 Å². The normalized spacial score (nSPS) is 24.7. The van der Waals surface area contributed by atoms with Crippen LogP contribution in [0.1, 0.15) is 46.5 Å². The molecule has 3 nitrogen and oxygen atoms in total. The third-order valence-corrected chi connectivity index (χ3v) is 4.56. The van der Waals surface area contributed by atoms with E-state index in [0.717, 1.165) is 6.54 Å². The Hall–Kier alpha value is -0.120. The van der Waals surface area contributed by atoms with Gasteiger partial charge in [-0.1, -0.05) is 13.8 Å². The third kappa shape index (κ3) is 4.52.